The fourth-order valence-corrected chi connectivity index (χ4v) is 1.03. The average Bonchev–Trinajstić information content (AvgIpc) is 2.02. The Morgan fingerprint density at radius 2 is 2.23 bits per heavy atom. The first-order valence-corrected chi connectivity index (χ1v) is 4.53. The average molecular weight is 186 g/mol. The lowest BCUT2D eigenvalue weighted by Gasteiger charge is -2.17. The van der Waals surface area contributed by atoms with E-state index in [4.69, 9.17) is 4.74 Å². The zero-order valence-corrected chi connectivity index (χ0v) is 8.54. The monoisotopic (exact) mass is 186 g/mol. The van der Waals surface area contributed by atoms with Crippen LogP contribution in [-0.4, -0.2) is 23.3 Å². The molecule has 1 atom stereocenters. The molecule has 3 nitrogen and oxygen atoms in total. The molecule has 0 amide bonds. The Bertz CT molecular complexity index is 183. The van der Waals surface area contributed by atoms with E-state index in [9.17, 15) is 9.90 Å². The Hall–Kier alpha value is -0.830. The van der Waals surface area contributed by atoms with E-state index in [2.05, 4.69) is 0 Å². The summed E-state index contributed by atoms with van der Waals surface area (Å²) in [6, 6.07) is 0. The molecule has 0 fully saturated rings. The van der Waals surface area contributed by atoms with Crippen molar-refractivity contribution in [2.24, 2.45) is 0 Å². The maximum Gasteiger partial charge on any atom is 0.305 e. The van der Waals surface area contributed by atoms with E-state index in [1.807, 2.05) is 6.92 Å². The van der Waals surface area contributed by atoms with Gasteiger partial charge in [0.05, 0.1) is 12.2 Å². The number of carbonyl (C=O) groups excluding carboxylic acids is 1. The van der Waals surface area contributed by atoms with E-state index >= 15 is 0 Å². The van der Waals surface area contributed by atoms with Gasteiger partial charge in [-0.3, -0.25) is 4.79 Å². The Labute approximate surface area is 79.4 Å². The summed E-state index contributed by atoms with van der Waals surface area (Å²) in [6.45, 7) is 5.66. The molecule has 0 aliphatic carbocycles. The van der Waals surface area contributed by atoms with Gasteiger partial charge in [0, 0.05) is 6.42 Å². The van der Waals surface area contributed by atoms with E-state index < -0.39 is 5.60 Å². The first kappa shape index (κ1) is 12.2. The maximum atomic E-state index is 10.9. The number of ether oxygens (including phenoxy) is 1. The van der Waals surface area contributed by atoms with Crippen molar-refractivity contribution >= 4 is 5.97 Å². The van der Waals surface area contributed by atoms with Gasteiger partial charge in [-0.15, -0.1) is 0 Å². The minimum atomic E-state index is -0.901. The summed E-state index contributed by atoms with van der Waals surface area (Å²) in [7, 11) is 0. The predicted octanol–water partition coefficient (Wildman–Crippen LogP) is 1.66. The van der Waals surface area contributed by atoms with Crippen molar-refractivity contribution in [3.8, 4) is 0 Å². The largest absolute Gasteiger partial charge is 0.466 e. The highest BCUT2D eigenvalue weighted by Crippen LogP contribution is 2.13. The Morgan fingerprint density at radius 1 is 1.62 bits per heavy atom. The smallest absolute Gasteiger partial charge is 0.305 e. The van der Waals surface area contributed by atoms with E-state index in [0.717, 1.165) is 0 Å². The fraction of sp³-hybridized carbons (Fsp3) is 0.700. The van der Waals surface area contributed by atoms with Crippen molar-refractivity contribution in [3.63, 3.8) is 0 Å². The molecule has 0 radical (unpaired) electrons. The van der Waals surface area contributed by atoms with Gasteiger partial charge in [0.25, 0.3) is 0 Å². The second kappa shape index (κ2) is 5.75. The van der Waals surface area contributed by atoms with Gasteiger partial charge in [0.1, 0.15) is 0 Å². The second-order valence-electron chi connectivity index (χ2n) is 3.16. The van der Waals surface area contributed by atoms with Crippen LogP contribution in [0.5, 0.6) is 0 Å². The first-order valence-electron chi connectivity index (χ1n) is 4.53. The maximum absolute atomic E-state index is 10.9. The van der Waals surface area contributed by atoms with E-state index in [1.54, 1.807) is 26.0 Å². The summed E-state index contributed by atoms with van der Waals surface area (Å²) in [5.74, 6) is -0.257. The number of aliphatic hydroxyl groups is 1. The highest BCUT2D eigenvalue weighted by molar-refractivity contribution is 5.69. The molecule has 0 bridgehead atoms. The van der Waals surface area contributed by atoms with Crippen LogP contribution >= 0.6 is 0 Å². The van der Waals surface area contributed by atoms with Crippen LogP contribution in [0.4, 0.5) is 0 Å². The number of hydrogen-bond donors (Lipinski definition) is 1. The summed E-state index contributed by atoms with van der Waals surface area (Å²) >= 11 is 0. The van der Waals surface area contributed by atoms with Crippen molar-refractivity contribution in [3.05, 3.63) is 12.2 Å². The lowest BCUT2D eigenvalue weighted by atomic mass is 10.00. The minimum Gasteiger partial charge on any atom is -0.466 e. The minimum absolute atomic E-state index is 0.255. The summed E-state index contributed by atoms with van der Waals surface area (Å²) in [6.07, 6.45) is 4.10. The molecular weight excluding hydrogens is 168 g/mol. The first-order chi connectivity index (χ1) is 6.02. The molecular formula is C10H18O3. The molecule has 0 aliphatic heterocycles. The van der Waals surface area contributed by atoms with Gasteiger partial charge in [-0.2, -0.15) is 0 Å². The molecule has 0 aromatic rings. The van der Waals surface area contributed by atoms with Crippen LogP contribution in [0.25, 0.3) is 0 Å². The van der Waals surface area contributed by atoms with Crippen molar-refractivity contribution in [2.75, 3.05) is 6.61 Å². The van der Waals surface area contributed by atoms with Crippen molar-refractivity contribution < 1.29 is 14.6 Å². The third kappa shape index (κ3) is 6.34. The molecule has 1 unspecified atom stereocenters. The zero-order chi connectivity index (χ0) is 10.3. The summed E-state index contributed by atoms with van der Waals surface area (Å²) in [4.78, 5) is 10.9. The number of allylic oxidation sites excluding steroid dienone is 1. The number of hydrogen-bond acceptors (Lipinski definition) is 3. The zero-order valence-electron chi connectivity index (χ0n) is 8.54. The topological polar surface area (TPSA) is 46.5 Å². The van der Waals surface area contributed by atoms with Crippen molar-refractivity contribution in [1.29, 1.82) is 0 Å². The van der Waals surface area contributed by atoms with Gasteiger partial charge in [-0.1, -0.05) is 12.2 Å². The molecule has 76 valence electrons. The van der Waals surface area contributed by atoms with Gasteiger partial charge in [-0.05, 0) is 27.2 Å². The third-order valence-electron chi connectivity index (χ3n) is 1.67. The van der Waals surface area contributed by atoms with Gasteiger partial charge < -0.3 is 9.84 Å². The molecule has 1 N–H and O–H groups in total. The van der Waals surface area contributed by atoms with Crippen molar-refractivity contribution in [2.45, 2.75) is 39.2 Å². The van der Waals surface area contributed by atoms with E-state index in [-0.39, 0.29) is 12.4 Å². The van der Waals surface area contributed by atoms with Crippen LogP contribution in [0.15, 0.2) is 12.2 Å². The van der Waals surface area contributed by atoms with Crippen LogP contribution in [0.2, 0.25) is 0 Å². The number of rotatable bonds is 5. The van der Waals surface area contributed by atoms with E-state index in [1.165, 1.54) is 0 Å². The fourth-order valence-electron chi connectivity index (χ4n) is 1.03. The van der Waals surface area contributed by atoms with Gasteiger partial charge in [0.15, 0.2) is 0 Å². The van der Waals surface area contributed by atoms with E-state index in [0.29, 0.717) is 13.0 Å². The predicted molar refractivity (Wildman–Crippen MR) is 51.3 cm³/mol. The molecule has 0 heterocycles. The lowest BCUT2D eigenvalue weighted by molar-refractivity contribution is -0.144. The normalized spacial score (nSPS) is 15.7. The number of carbonyl (C=O) groups is 1. The molecule has 0 aliphatic rings. The Morgan fingerprint density at radius 3 is 2.69 bits per heavy atom. The molecule has 0 aromatic heterocycles. The Balaban J connectivity index is 3.80. The summed E-state index contributed by atoms with van der Waals surface area (Å²) in [5, 5.41) is 9.64. The van der Waals surface area contributed by atoms with Crippen LogP contribution in [0.3, 0.4) is 0 Å². The lowest BCUT2D eigenvalue weighted by Crippen LogP contribution is -2.22. The SMILES string of the molecule is CC=CC(C)(O)CCC(=O)OCC. The molecule has 0 spiro atoms. The van der Waals surface area contributed by atoms with Gasteiger partial charge in [-0.25, -0.2) is 0 Å². The van der Waals surface area contributed by atoms with Gasteiger partial charge >= 0.3 is 5.97 Å². The van der Waals surface area contributed by atoms with Crippen LogP contribution in [-0.2, 0) is 9.53 Å². The second-order valence-corrected chi connectivity index (χ2v) is 3.16. The van der Waals surface area contributed by atoms with Gasteiger partial charge in [0.2, 0.25) is 0 Å². The van der Waals surface area contributed by atoms with Crippen LogP contribution in [0, 0.1) is 0 Å². The highest BCUT2D eigenvalue weighted by Gasteiger charge is 2.17. The molecule has 3 heteroatoms. The quantitative estimate of drug-likeness (QED) is 0.524. The molecule has 0 saturated heterocycles. The summed E-state index contributed by atoms with van der Waals surface area (Å²) < 4.78 is 4.74. The molecule has 0 saturated carbocycles. The molecule has 0 rings (SSSR count). The summed E-state index contributed by atoms with van der Waals surface area (Å²) in [5.41, 5.74) is -0.901. The molecule has 0 aromatic carbocycles. The van der Waals surface area contributed by atoms with Crippen LogP contribution in [0.1, 0.15) is 33.6 Å². The Kier molecular flexibility index (Phi) is 5.39. The molecule has 13 heavy (non-hydrogen) atoms. The van der Waals surface area contributed by atoms with Crippen LogP contribution < -0.4 is 0 Å². The highest BCUT2D eigenvalue weighted by atomic mass is 16.5. The standard InChI is InChI=1S/C10H18O3/c1-4-7-10(3,12)8-6-9(11)13-5-2/h4,7,12H,5-6,8H2,1-3H3. The van der Waals surface area contributed by atoms with Crippen molar-refractivity contribution in [1.82, 2.24) is 0 Å². The number of esters is 1. The third-order valence-corrected chi connectivity index (χ3v) is 1.67.